The quantitative estimate of drug-likeness (QED) is 0.707. The summed E-state index contributed by atoms with van der Waals surface area (Å²) in [5.74, 6) is 1.02. The summed E-state index contributed by atoms with van der Waals surface area (Å²) < 4.78 is 5.82. The first kappa shape index (κ1) is 16.1. The van der Waals surface area contributed by atoms with Gasteiger partial charge < -0.3 is 9.64 Å². The highest BCUT2D eigenvalue weighted by Gasteiger charge is 2.18. The van der Waals surface area contributed by atoms with Crippen LogP contribution in [0.15, 0.2) is 55.0 Å². The van der Waals surface area contributed by atoms with E-state index in [0.29, 0.717) is 23.6 Å². The first-order chi connectivity index (χ1) is 11.6. The molecule has 6 heteroatoms. The van der Waals surface area contributed by atoms with E-state index in [-0.39, 0.29) is 5.91 Å². The normalized spacial score (nSPS) is 10.4. The number of hydrogen-bond acceptors (Lipinski definition) is 5. The third kappa shape index (κ3) is 3.78. The second kappa shape index (κ2) is 7.23. The number of hydrogen-bond donors (Lipinski definition) is 0. The number of rotatable bonds is 5. The monoisotopic (exact) mass is 339 g/mol. The molecule has 0 saturated carbocycles. The van der Waals surface area contributed by atoms with Crippen LogP contribution in [0, 0.1) is 6.92 Å². The van der Waals surface area contributed by atoms with Gasteiger partial charge in [0.25, 0.3) is 5.91 Å². The minimum absolute atomic E-state index is 0.0967. The zero-order valence-corrected chi connectivity index (χ0v) is 14.3. The Hall–Kier alpha value is -2.73. The number of aryl methyl sites for hydroxylation is 1. The van der Waals surface area contributed by atoms with E-state index in [2.05, 4.69) is 9.97 Å². The lowest BCUT2D eigenvalue weighted by molar-refractivity contribution is 0.0784. The van der Waals surface area contributed by atoms with Gasteiger partial charge >= 0.3 is 0 Å². The fourth-order valence-electron chi connectivity index (χ4n) is 2.26. The summed E-state index contributed by atoms with van der Waals surface area (Å²) in [5.41, 5.74) is 0.519. The highest BCUT2D eigenvalue weighted by atomic mass is 32.1. The van der Waals surface area contributed by atoms with Crippen LogP contribution >= 0.6 is 11.3 Å². The van der Waals surface area contributed by atoms with Crippen molar-refractivity contribution in [3.05, 3.63) is 70.4 Å². The maximum absolute atomic E-state index is 12.8. The molecule has 0 aliphatic carbocycles. The number of amides is 1. The van der Waals surface area contributed by atoms with Gasteiger partial charge in [-0.3, -0.25) is 9.78 Å². The number of nitrogens with zero attached hydrogens (tertiary/aromatic N) is 3. The molecule has 0 N–H and O–H groups in total. The Labute approximate surface area is 144 Å². The molecule has 0 aliphatic heterocycles. The molecule has 0 fully saturated rings. The Bertz CT molecular complexity index is 833. The largest absolute Gasteiger partial charge is 0.455 e. The van der Waals surface area contributed by atoms with Crippen LogP contribution < -0.4 is 4.74 Å². The van der Waals surface area contributed by atoms with E-state index in [4.69, 9.17) is 4.74 Å². The van der Waals surface area contributed by atoms with Gasteiger partial charge in [0.1, 0.15) is 11.5 Å². The van der Waals surface area contributed by atoms with E-state index >= 15 is 0 Å². The van der Waals surface area contributed by atoms with Crippen LogP contribution in [0.25, 0.3) is 0 Å². The van der Waals surface area contributed by atoms with Gasteiger partial charge in [-0.25, -0.2) is 4.98 Å². The Morgan fingerprint density at radius 2 is 2.04 bits per heavy atom. The van der Waals surface area contributed by atoms with Crippen molar-refractivity contribution in [2.75, 3.05) is 7.05 Å². The van der Waals surface area contributed by atoms with Crippen LogP contribution in [-0.4, -0.2) is 27.8 Å². The summed E-state index contributed by atoms with van der Waals surface area (Å²) in [6, 6.07) is 10.8. The van der Waals surface area contributed by atoms with Crippen molar-refractivity contribution in [1.82, 2.24) is 14.9 Å². The number of benzene rings is 1. The van der Waals surface area contributed by atoms with Crippen LogP contribution in [-0.2, 0) is 6.54 Å². The van der Waals surface area contributed by atoms with Crippen molar-refractivity contribution in [2.24, 2.45) is 0 Å². The third-order valence-corrected chi connectivity index (χ3v) is 4.29. The molecule has 0 bridgehead atoms. The van der Waals surface area contributed by atoms with Gasteiger partial charge in [-0.15, -0.1) is 11.3 Å². The first-order valence-corrected chi connectivity index (χ1v) is 8.29. The summed E-state index contributed by atoms with van der Waals surface area (Å²) >= 11 is 1.59. The van der Waals surface area contributed by atoms with Crippen molar-refractivity contribution >= 4 is 17.2 Å². The fourth-order valence-corrected chi connectivity index (χ4v) is 3.10. The summed E-state index contributed by atoms with van der Waals surface area (Å²) in [6.07, 6.45) is 5.10. The van der Waals surface area contributed by atoms with Gasteiger partial charge in [-0.2, -0.15) is 0 Å². The van der Waals surface area contributed by atoms with Gasteiger partial charge in [0, 0.05) is 24.3 Å². The van der Waals surface area contributed by atoms with Crippen molar-refractivity contribution in [2.45, 2.75) is 13.5 Å². The number of carbonyl (C=O) groups is 1. The fraction of sp³-hybridized carbons (Fsp3) is 0.167. The molecule has 0 unspecified atom stereocenters. The van der Waals surface area contributed by atoms with Crippen LogP contribution in [0.2, 0.25) is 0 Å². The molecule has 5 nitrogen and oxygen atoms in total. The summed E-state index contributed by atoms with van der Waals surface area (Å²) in [5, 5.41) is 0.992. The van der Waals surface area contributed by atoms with Crippen LogP contribution in [0.3, 0.4) is 0 Å². The van der Waals surface area contributed by atoms with Crippen molar-refractivity contribution < 1.29 is 9.53 Å². The number of pyridine rings is 1. The molecule has 1 aromatic carbocycles. The lowest BCUT2D eigenvalue weighted by atomic mass is 10.1. The Balaban J connectivity index is 1.79. The SMILES string of the molecule is Cc1ncc(CN(C)C(=O)c2ccccc2Oc2cccnc2)s1. The molecule has 0 atom stereocenters. The minimum atomic E-state index is -0.0967. The van der Waals surface area contributed by atoms with Crippen molar-refractivity contribution in [3.63, 3.8) is 0 Å². The summed E-state index contributed by atoms with van der Waals surface area (Å²) in [4.78, 5) is 23.7. The third-order valence-electron chi connectivity index (χ3n) is 3.39. The zero-order valence-electron chi connectivity index (χ0n) is 13.5. The van der Waals surface area contributed by atoms with E-state index < -0.39 is 0 Å². The van der Waals surface area contributed by atoms with Crippen LogP contribution in [0.1, 0.15) is 20.2 Å². The molecular weight excluding hydrogens is 322 g/mol. The van der Waals surface area contributed by atoms with Crippen molar-refractivity contribution in [1.29, 1.82) is 0 Å². The Morgan fingerprint density at radius 1 is 1.21 bits per heavy atom. The molecule has 2 heterocycles. The number of aromatic nitrogens is 2. The molecular formula is C18H17N3O2S. The predicted octanol–water partition coefficient (Wildman–Crippen LogP) is 3.91. The zero-order chi connectivity index (χ0) is 16.9. The summed E-state index contributed by atoms with van der Waals surface area (Å²) in [7, 11) is 1.78. The van der Waals surface area contributed by atoms with Crippen LogP contribution in [0.5, 0.6) is 11.5 Å². The van der Waals surface area contributed by atoms with E-state index in [1.807, 2.05) is 25.3 Å². The molecule has 0 aliphatic rings. The Kier molecular flexibility index (Phi) is 4.86. The lowest BCUT2D eigenvalue weighted by Gasteiger charge is -2.18. The molecule has 3 rings (SSSR count). The minimum Gasteiger partial charge on any atom is -0.455 e. The summed E-state index contributed by atoms with van der Waals surface area (Å²) in [6.45, 7) is 2.47. The molecule has 0 saturated heterocycles. The van der Waals surface area contributed by atoms with Crippen LogP contribution in [0.4, 0.5) is 0 Å². The second-order valence-electron chi connectivity index (χ2n) is 5.29. The topological polar surface area (TPSA) is 55.3 Å². The van der Waals surface area contributed by atoms with E-state index in [1.165, 1.54) is 0 Å². The molecule has 0 radical (unpaired) electrons. The van der Waals surface area contributed by atoms with Gasteiger partial charge in [-0.1, -0.05) is 12.1 Å². The maximum atomic E-state index is 12.8. The number of carbonyl (C=O) groups excluding carboxylic acids is 1. The average Bonchev–Trinajstić information content (AvgIpc) is 3.00. The molecule has 3 aromatic rings. The van der Waals surface area contributed by atoms with E-state index in [1.54, 1.807) is 59.9 Å². The predicted molar refractivity (Wildman–Crippen MR) is 93.4 cm³/mol. The molecule has 2 aromatic heterocycles. The molecule has 1 amide bonds. The smallest absolute Gasteiger partial charge is 0.257 e. The van der Waals surface area contributed by atoms with Gasteiger partial charge in [-0.05, 0) is 31.2 Å². The van der Waals surface area contributed by atoms with E-state index in [9.17, 15) is 4.79 Å². The maximum Gasteiger partial charge on any atom is 0.257 e. The van der Waals surface area contributed by atoms with E-state index in [0.717, 1.165) is 9.88 Å². The Morgan fingerprint density at radius 3 is 2.75 bits per heavy atom. The van der Waals surface area contributed by atoms with Crippen molar-refractivity contribution in [3.8, 4) is 11.5 Å². The number of para-hydroxylation sites is 1. The highest BCUT2D eigenvalue weighted by molar-refractivity contribution is 7.11. The van der Waals surface area contributed by atoms with Gasteiger partial charge in [0.05, 0.1) is 23.3 Å². The lowest BCUT2D eigenvalue weighted by Crippen LogP contribution is -2.26. The average molecular weight is 339 g/mol. The number of thiazole rings is 1. The molecule has 24 heavy (non-hydrogen) atoms. The molecule has 122 valence electrons. The van der Waals surface area contributed by atoms with Gasteiger partial charge in [0.15, 0.2) is 0 Å². The standard InChI is InChI=1S/C18H17N3O2S/c1-13-20-11-15(24-13)12-21(2)18(22)16-7-3-4-8-17(16)23-14-6-5-9-19-10-14/h3-11H,12H2,1-2H3. The second-order valence-corrected chi connectivity index (χ2v) is 6.61. The highest BCUT2D eigenvalue weighted by Crippen LogP contribution is 2.26. The molecule has 0 spiro atoms. The first-order valence-electron chi connectivity index (χ1n) is 7.47. The number of ether oxygens (including phenoxy) is 1. The van der Waals surface area contributed by atoms with Gasteiger partial charge in [0.2, 0.25) is 0 Å².